The van der Waals surface area contributed by atoms with Gasteiger partial charge in [0.2, 0.25) is 0 Å². The molecule has 0 bridgehead atoms. The average Bonchev–Trinajstić information content (AvgIpc) is 3.55. The van der Waals surface area contributed by atoms with E-state index in [9.17, 15) is 14.2 Å². The molecule has 0 saturated carbocycles. The molecule has 2 N–H and O–H groups in total. The van der Waals surface area contributed by atoms with Gasteiger partial charge in [-0.25, -0.2) is 9.36 Å². The van der Waals surface area contributed by atoms with Gasteiger partial charge in [0.05, 0.1) is 33.5 Å². The molecule has 1 aliphatic rings. The van der Waals surface area contributed by atoms with E-state index in [0.29, 0.717) is 11.5 Å². The van der Waals surface area contributed by atoms with Crippen LogP contribution in [0.5, 0.6) is 17.2 Å². The Balaban J connectivity index is 1.25. The molecule has 55 heavy (non-hydrogen) atoms. The highest BCUT2D eigenvalue weighted by molar-refractivity contribution is 7.48. The summed E-state index contributed by atoms with van der Waals surface area (Å²) in [4.78, 5) is 26.6. The molecule has 1 saturated heterocycles. The summed E-state index contributed by atoms with van der Waals surface area (Å²) >= 11 is 0. The molecule has 2 heterocycles. The van der Waals surface area contributed by atoms with Gasteiger partial charge >= 0.3 is 13.5 Å². The molecule has 290 valence electrons. The minimum Gasteiger partial charge on any atom is -0.497 e. The quantitative estimate of drug-likeness (QED) is 0.0916. The number of H-pyrrole nitrogens is 1. The van der Waals surface area contributed by atoms with E-state index in [-0.39, 0.29) is 19.0 Å². The molecule has 15 heteroatoms. The molecule has 1 aliphatic heterocycles. The monoisotopic (exact) mass is 773 g/mol. The number of rotatable bonds is 17. The van der Waals surface area contributed by atoms with Crippen molar-refractivity contribution in [3.05, 3.63) is 158 Å². The Morgan fingerprint density at radius 2 is 1.36 bits per heavy atom. The summed E-state index contributed by atoms with van der Waals surface area (Å²) in [6, 6.07) is 32.9. The zero-order valence-corrected chi connectivity index (χ0v) is 32.0. The van der Waals surface area contributed by atoms with Crippen LogP contribution < -0.4 is 30.6 Å². The second kappa shape index (κ2) is 17.6. The number of nitrogens with one attached hydrogen (secondary N) is 2. The number of methoxy groups -OCH3 is 3. The van der Waals surface area contributed by atoms with E-state index in [0.717, 1.165) is 22.3 Å². The summed E-state index contributed by atoms with van der Waals surface area (Å²) in [6.45, 7) is 0.215. The zero-order chi connectivity index (χ0) is 39.0. The standard InChI is InChI=1S/C40H44N3O11P/c1-41-36-37(34(26-47-2)52-38(36)43-24-23-35(44)42-39(43)45)54-55(46,50-5)53-33-17-11-27(12-18-33)25-51-40(28-9-7-6-8-10-28,29-13-19-31(48-3)20-14-29)30-15-21-32(49-4)22-16-30/h6-24,34,36-38,41H,25-26H2,1-5H3,(H,42,44,45)/t34-,36?,37?,38-,55?/m1/s1. The molecular weight excluding hydrogens is 729 g/mol. The first-order valence-electron chi connectivity index (χ1n) is 17.4. The summed E-state index contributed by atoms with van der Waals surface area (Å²) in [6.07, 6.45) is -1.38. The van der Waals surface area contributed by atoms with E-state index < -0.39 is 49.2 Å². The van der Waals surface area contributed by atoms with Crippen molar-refractivity contribution in [1.29, 1.82) is 0 Å². The topological polar surface area (TPSA) is 158 Å². The first kappa shape index (κ1) is 39.6. The van der Waals surface area contributed by atoms with Crippen LogP contribution >= 0.6 is 7.82 Å². The predicted molar refractivity (Wildman–Crippen MR) is 204 cm³/mol. The van der Waals surface area contributed by atoms with Crippen molar-refractivity contribution in [2.45, 2.75) is 36.7 Å². The molecule has 3 unspecified atom stereocenters. The number of ether oxygens (including phenoxy) is 5. The van der Waals surface area contributed by atoms with Crippen LogP contribution in [0.25, 0.3) is 0 Å². The fourth-order valence-corrected chi connectivity index (χ4v) is 7.78. The number of hydrogen-bond acceptors (Lipinski definition) is 12. The Morgan fingerprint density at radius 1 is 0.782 bits per heavy atom. The van der Waals surface area contributed by atoms with Gasteiger partial charge in [0, 0.05) is 26.5 Å². The van der Waals surface area contributed by atoms with Crippen molar-refractivity contribution in [3.8, 4) is 17.2 Å². The van der Waals surface area contributed by atoms with Gasteiger partial charge in [0.25, 0.3) is 5.56 Å². The summed E-state index contributed by atoms with van der Waals surface area (Å²) in [5.74, 6) is 1.65. The van der Waals surface area contributed by atoms with E-state index in [1.165, 1.54) is 31.0 Å². The Hall–Kier alpha value is -5.05. The second-order valence-corrected chi connectivity index (χ2v) is 14.2. The Bertz CT molecular complexity index is 2110. The van der Waals surface area contributed by atoms with Crippen molar-refractivity contribution in [2.75, 3.05) is 42.1 Å². The first-order chi connectivity index (χ1) is 26.7. The Labute approximate surface area is 318 Å². The molecule has 0 spiro atoms. The minimum atomic E-state index is -4.28. The molecule has 0 radical (unpaired) electrons. The molecule has 1 aromatic heterocycles. The Kier molecular flexibility index (Phi) is 12.7. The lowest BCUT2D eigenvalue weighted by Gasteiger charge is -2.36. The van der Waals surface area contributed by atoms with Crippen LogP contribution in [0.3, 0.4) is 0 Å². The molecule has 5 aromatic rings. The zero-order valence-electron chi connectivity index (χ0n) is 31.1. The maximum Gasteiger partial charge on any atom is 0.530 e. The highest BCUT2D eigenvalue weighted by atomic mass is 31.2. The molecule has 0 amide bonds. The largest absolute Gasteiger partial charge is 0.530 e. The normalized spacial score (nSPS) is 19.4. The van der Waals surface area contributed by atoms with Crippen molar-refractivity contribution < 1.29 is 41.8 Å². The third-order valence-electron chi connectivity index (χ3n) is 9.38. The van der Waals surface area contributed by atoms with Crippen LogP contribution in [0.2, 0.25) is 0 Å². The lowest BCUT2D eigenvalue weighted by atomic mass is 9.80. The number of nitrogens with zero attached hydrogens (tertiary/aromatic N) is 1. The second-order valence-electron chi connectivity index (χ2n) is 12.6. The van der Waals surface area contributed by atoms with Gasteiger partial charge in [-0.1, -0.05) is 66.7 Å². The SMILES string of the molecule is CNC1C(OP(=O)(OC)Oc2ccc(COC(c3ccccc3)(c3ccc(OC)cc3)c3ccc(OC)cc3)cc2)[C@@H](COC)O[C@H]1n1ccc(=O)[nH]c1=O. The van der Waals surface area contributed by atoms with Crippen molar-refractivity contribution in [3.63, 3.8) is 0 Å². The van der Waals surface area contributed by atoms with Crippen LogP contribution in [-0.2, 0) is 40.0 Å². The van der Waals surface area contributed by atoms with Crippen LogP contribution in [0.15, 0.2) is 125 Å². The van der Waals surface area contributed by atoms with E-state index in [4.69, 9.17) is 37.3 Å². The maximum absolute atomic E-state index is 14.0. The van der Waals surface area contributed by atoms with Gasteiger partial charge in [-0.05, 0) is 65.7 Å². The Morgan fingerprint density at radius 3 is 1.89 bits per heavy atom. The summed E-state index contributed by atoms with van der Waals surface area (Å²) in [5, 5.41) is 3.07. The van der Waals surface area contributed by atoms with Gasteiger partial charge in [0.15, 0.2) is 6.23 Å². The summed E-state index contributed by atoms with van der Waals surface area (Å²) < 4.78 is 61.9. The molecule has 0 aliphatic carbocycles. The third kappa shape index (κ3) is 8.61. The van der Waals surface area contributed by atoms with E-state index in [1.54, 1.807) is 45.5 Å². The molecule has 14 nitrogen and oxygen atoms in total. The number of phosphoric ester groups is 1. The predicted octanol–water partition coefficient (Wildman–Crippen LogP) is 5.41. The van der Waals surface area contributed by atoms with Crippen LogP contribution in [0, 0.1) is 0 Å². The lowest BCUT2D eigenvalue weighted by Crippen LogP contribution is -2.46. The first-order valence-corrected chi connectivity index (χ1v) is 18.9. The smallest absolute Gasteiger partial charge is 0.497 e. The number of benzene rings is 4. The van der Waals surface area contributed by atoms with Crippen LogP contribution in [0.1, 0.15) is 28.5 Å². The fraction of sp³-hybridized carbons (Fsp3) is 0.300. The number of phosphoric acid groups is 1. The number of hydrogen-bond donors (Lipinski definition) is 2. The number of aromatic amines is 1. The summed E-state index contributed by atoms with van der Waals surface area (Å²) in [7, 11) is 3.29. The van der Waals surface area contributed by atoms with Crippen LogP contribution in [0.4, 0.5) is 0 Å². The van der Waals surface area contributed by atoms with Gasteiger partial charge < -0.3 is 33.5 Å². The van der Waals surface area contributed by atoms with Crippen molar-refractivity contribution >= 4 is 7.82 Å². The molecule has 6 rings (SSSR count). The maximum atomic E-state index is 14.0. The van der Waals surface area contributed by atoms with Crippen molar-refractivity contribution in [1.82, 2.24) is 14.9 Å². The van der Waals surface area contributed by atoms with Gasteiger partial charge in [-0.3, -0.25) is 23.4 Å². The highest BCUT2D eigenvalue weighted by Crippen LogP contribution is 2.52. The van der Waals surface area contributed by atoms with Gasteiger partial charge in [-0.15, -0.1) is 0 Å². The average molecular weight is 774 g/mol. The van der Waals surface area contributed by atoms with Gasteiger partial charge in [0.1, 0.15) is 35.1 Å². The van der Waals surface area contributed by atoms with Crippen LogP contribution in [-0.4, -0.2) is 69.9 Å². The van der Waals surface area contributed by atoms with Gasteiger partial charge in [-0.2, -0.15) is 0 Å². The highest BCUT2D eigenvalue weighted by Gasteiger charge is 2.50. The molecule has 4 aromatic carbocycles. The van der Waals surface area contributed by atoms with E-state index in [2.05, 4.69) is 10.3 Å². The molecular formula is C40H44N3O11P. The fourth-order valence-electron chi connectivity index (χ4n) is 6.63. The minimum absolute atomic E-state index is 0.0351. The van der Waals surface area contributed by atoms with E-state index in [1.807, 2.05) is 78.9 Å². The number of likely N-dealkylation sites (N-methyl/N-ethyl adjacent to an activating group) is 1. The van der Waals surface area contributed by atoms with Crippen molar-refractivity contribution in [2.24, 2.45) is 0 Å². The molecule has 1 fully saturated rings. The third-order valence-corrected chi connectivity index (χ3v) is 10.8. The summed E-state index contributed by atoms with van der Waals surface area (Å²) in [5.41, 5.74) is 1.23. The number of aromatic nitrogens is 2. The lowest BCUT2D eigenvalue weighted by molar-refractivity contribution is -0.0549. The molecule has 5 atom stereocenters. The van der Waals surface area contributed by atoms with E-state index >= 15 is 0 Å².